The summed E-state index contributed by atoms with van der Waals surface area (Å²) in [5.74, 6) is 0.0584. The molecule has 1 aromatic carbocycles. The second-order valence-corrected chi connectivity index (χ2v) is 8.49. The van der Waals surface area contributed by atoms with Crippen molar-refractivity contribution in [2.24, 2.45) is 13.0 Å². The van der Waals surface area contributed by atoms with E-state index in [0.717, 1.165) is 15.9 Å². The van der Waals surface area contributed by atoms with E-state index in [1.165, 1.54) is 0 Å². The fraction of sp³-hybridized carbons (Fsp3) is 0.421. The first-order valence-electron chi connectivity index (χ1n) is 8.57. The molecule has 1 fully saturated rings. The molecule has 1 saturated heterocycles. The molecule has 3 rings (SSSR count). The molecule has 6 nitrogen and oxygen atoms in total. The van der Waals surface area contributed by atoms with Gasteiger partial charge < -0.3 is 10.2 Å². The van der Waals surface area contributed by atoms with Crippen LogP contribution in [0.1, 0.15) is 32.9 Å². The minimum Gasteiger partial charge on any atom is -0.311 e. The maximum absolute atomic E-state index is 12.7. The lowest BCUT2D eigenvalue weighted by molar-refractivity contribution is -0.122. The lowest BCUT2D eigenvalue weighted by Crippen LogP contribution is -2.28. The molecule has 1 unspecified atom stereocenters. The van der Waals surface area contributed by atoms with Crippen molar-refractivity contribution < 1.29 is 9.59 Å². The van der Waals surface area contributed by atoms with E-state index in [-0.39, 0.29) is 29.6 Å². The molecule has 0 spiro atoms. The molecule has 1 atom stereocenters. The lowest BCUT2D eigenvalue weighted by atomic mass is 9.92. The van der Waals surface area contributed by atoms with Crippen LogP contribution in [-0.4, -0.2) is 28.1 Å². The number of amides is 2. The van der Waals surface area contributed by atoms with Gasteiger partial charge in [0.05, 0.1) is 17.3 Å². The Morgan fingerprint density at radius 1 is 1.31 bits per heavy atom. The molecule has 2 aromatic rings. The van der Waals surface area contributed by atoms with Gasteiger partial charge in [0.25, 0.3) is 0 Å². The molecule has 0 saturated carbocycles. The van der Waals surface area contributed by atoms with Gasteiger partial charge in [0.1, 0.15) is 5.82 Å². The van der Waals surface area contributed by atoms with E-state index < -0.39 is 0 Å². The molecule has 138 valence electrons. The number of carbonyl (C=O) groups excluding carboxylic acids is 2. The first-order valence-corrected chi connectivity index (χ1v) is 9.36. The van der Waals surface area contributed by atoms with Gasteiger partial charge in [-0.1, -0.05) is 32.9 Å². The van der Waals surface area contributed by atoms with Crippen molar-refractivity contribution in [3.05, 3.63) is 40.5 Å². The number of anilines is 2. The monoisotopic (exact) mass is 418 g/mol. The van der Waals surface area contributed by atoms with Crippen LogP contribution < -0.4 is 10.2 Å². The van der Waals surface area contributed by atoms with E-state index >= 15 is 0 Å². The largest absolute Gasteiger partial charge is 0.311 e. The van der Waals surface area contributed by atoms with Crippen molar-refractivity contribution in [1.82, 2.24) is 9.78 Å². The fourth-order valence-corrected chi connectivity index (χ4v) is 3.46. The average Bonchev–Trinajstić information content (AvgIpc) is 3.11. The topological polar surface area (TPSA) is 67.2 Å². The molecule has 0 radical (unpaired) electrons. The summed E-state index contributed by atoms with van der Waals surface area (Å²) in [7, 11) is 1.80. The van der Waals surface area contributed by atoms with Crippen molar-refractivity contribution in [3.63, 3.8) is 0 Å². The van der Waals surface area contributed by atoms with Crippen LogP contribution in [0.15, 0.2) is 34.8 Å². The highest BCUT2D eigenvalue weighted by molar-refractivity contribution is 9.10. The maximum Gasteiger partial charge on any atom is 0.230 e. The summed E-state index contributed by atoms with van der Waals surface area (Å²) >= 11 is 3.47. The van der Waals surface area contributed by atoms with E-state index in [9.17, 15) is 9.59 Å². The van der Waals surface area contributed by atoms with E-state index in [0.29, 0.717) is 12.4 Å². The number of halogens is 1. The van der Waals surface area contributed by atoms with E-state index in [1.807, 2.05) is 30.3 Å². The average molecular weight is 419 g/mol. The van der Waals surface area contributed by atoms with Crippen LogP contribution in [0.3, 0.4) is 0 Å². The van der Waals surface area contributed by atoms with Gasteiger partial charge >= 0.3 is 0 Å². The van der Waals surface area contributed by atoms with Crippen LogP contribution >= 0.6 is 15.9 Å². The van der Waals surface area contributed by atoms with E-state index in [2.05, 4.69) is 47.1 Å². The third kappa shape index (κ3) is 3.67. The Morgan fingerprint density at radius 3 is 2.62 bits per heavy atom. The Balaban J connectivity index is 1.73. The maximum atomic E-state index is 12.7. The number of nitrogens with one attached hydrogen (secondary N) is 1. The lowest BCUT2D eigenvalue weighted by Gasteiger charge is -2.18. The molecule has 0 aliphatic carbocycles. The standard InChI is InChI=1S/C19H23BrN4O2/c1-19(2,3)15-10-16(23(4)22-15)21-18(26)12-9-17(25)24(11-12)14-8-6-5-7-13(14)20/h5-8,10,12H,9,11H2,1-4H3,(H,21,26). The number of benzene rings is 1. The Labute approximate surface area is 161 Å². The van der Waals surface area contributed by atoms with E-state index in [1.54, 1.807) is 16.6 Å². The summed E-state index contributed by atoms with van der Waals surface area (Å²) in [6, 6.07) is 9.43. The Hall–Kier alpha value is -2.15. The van der Waals surface area contributed by atoms with Crippen LogP contribution in [0.4, 0.5) is 11.5 Å². The minimum atomic E-state index is -0.386. The Kier molecular flexibility index (Phi) is 4.92. The molecular formula is C19H23BrN4O2. The number of hydrogen-bond acceptors (Lipinski definition) is 3. The first kappa shape index (κ1) is 18.6. The first-order chi connectivity index (χ1) is 12.2. The Bertz CT molecular complexity index is 853. The SMILES string of the molecule is Cn1nc(C(C)(C)C)cc1NC(=O)C1CC(=O)N(c2ccccc2Br)C1. The Morgan fingerprint density at radius 2 is 2.00 bits per heavy atom. The summed E-state index contributed by atoms with van der Waals surface area (Å²) in [5.41, 5.74) is 1.61. The summed E-state index contributed by atoms with van der Waals surface area (Å²) in [4.78, 5) is 26.8. The van der Waals surface area contributed by atoms with Crippen molar-refractivity contribution >= 4 is 39.2 Å². The molecule has 2 amide bonds. The smallest absolute Gasteiger partial charge is 0.230 e. The van der Waals surface area contributed by atoms with Crippen molar-refractivity contribution in [1.29, 1.82) is 0 Å². The van der Waals surface area contributed by atoms with E-state index in [4.69, 9.17) is 0 Å². The molecule has 1 N–H and O–H groups in total. The number of rotatable bonds is 3. The second-order valence-electron chi connectivity index (χ2n) is 7.63. The van der Waals surface area contributed by atoms with Crippen LogP contribution in [0, 0.1) is 5.92 Å². The zero-order valence-corrected chi connectivity index (χ0v) is 17.0. The zero-order valence-electron chi connectivity index (χ0n) is 15.4. The highest BCUT2D eigenvalue weighted by atomic mass is 79.9. The fourth-order valence-electron chi connectivity index (χ4n) is 2.97. The normalized spacial score (nSPS) is 17.7. The zero-order chi connectivity index (χ0) is 19.1. The highest BCUT2D eigenvalue weighted by Gasteiger charge is 2.36. The molecule has 7 heteroatoms. The highest BCUT2D eigenvalue weighted by Crippen LogP contribution is 2.32. The minimum absolute atomic E-state index is 0.0440. The number of hydrogen-bond donors (Lipinski definition) is 1. The summed E-state index contributed by atoms with van der Waals surface area (Å²) in [6.07, 6.45) is 0.206. The predicted octanol–water partition coefficient (Wildman–Crippen LogP) is 3.47. The molecule has 0 bridgehead atoms. The molecule has 26 heavy (non-hydrogen) atoms. The summed E-state index contributed by atoms with van der Waals surface area (Å²) in [6.45, 7) is 6.60. The molecule has 1 aromatic heterocycles. The van der Waals surface area contributed by atoms with Crippen LogP contribution in [0.2, 0.25) is 0 Å². The number of para-hydroxylation sites is 1. The third-order valence-electron chi connectivity index (χ3n) is 4.54. The van der Waals surface area contributed by atoms with Crippen LogP contribution in [0.5, 0.6) is 0 Å². The second kappa shape index (κ2) is 6.87. The van der Waals surface area contributed by atoms with Crippen molar-refractivity contribution in [3.8, 4) is 0 Å². The van der Waals surface area contributed by atoms with Gasteiger partial charge in [-0.15, -0.1) is 0 Å². The van der Waals surface area contributed by atoms with Gasteiger partial charge in [0, 0.05) is 36.0 Å². The number of aromatic nitrogens is 2. The summed E-state index contributed by atoms with van der Waals surface area (Å²) in [5, 5.41) is 7.39. The number of nitrogens with zero attached hydrogens (tertiary/aromatic N) is 3. The van der Waals surface area contributed by atoms with Crippen molar-refractivity contribution in [2.45, 2.75) is 32.6 Å². The van der Waals surface area contributed by atoms with Gasteiger partial charge in [-0.05, 0) is 28.1 Å². The van der Waals surface area contributed by atoms with Gasteiger partial charge in [-0.25, -0.2) is 0 Å². The quantitative estimate of drug-likeness (QED) is 0.829. The number of aryl methyl sites for hydroxylation is 1. The van der Waals surface area contributed by atoms with Crippen molar-refractivity contribution in [2.75, 3.05) is 16.8 Å². The van der Waals surface area contributed by atoms with Crippen LogP contribution in [0.25, 0.3) is 0 Å². The summed E-state index contributed by atoms with van der Waals surface area (Å²) < 4.78 is 2.51. The molecular weight excluding hydrogens is 396 g/mol. The third-order valence-corrected chi connectivity index (χ3v) is 5.21. The molecule has 1 aliphatic rings. The van der Waals surface area contributed by atoms with Crippen LogP contribution in [-0.2, 0) is 22.1 Å². The number of carbonyl (C=O) groups is 2. The predicted molar refractivity (Wildman–Crippen MR) is 105 cm³/mol. The van der Waals surface area contributed by atoms with Gasteiger partial charge in [0.15, 0.2) is 0 Å². The molecule has 2 heterocycles. The van der Waals surface area contributed by atoms with Gasteiger partial charge in [-0.3, -0.25) is 14.3 Å². The van der Waals surface area contributed by atoms with Gasteiger partial charge in [0.2, 0.25) is 11.8 Å². The van der Waals surface area contributed by atoms with Gasteiger partial charge in [-0.2, -0.15) is 5.10 Å². The molecule has 1 aliphatic heterocycles.